The summed E-state index contributed by atoms with van der Waals surface area (Å²) in [7, 11) is 0. The molecule has 2 rings (SSSR count). The van der Waals surface area contributed by atoms with Crippen molar-refractivity contribution in [3.8, 4) is 0 Å². The van der Waals surface area contributed by atoms with Crippen LogP contribution in [0.5, 0.6) is 0 Å². The van der Waals surface area contributed by atoms with E-state index in [9.17, 15) is 0 Å². The van der Waals surface area contributed by atoms with Gasteiger partial charge in [0.25, 0.3) is 0 Å². The Kier molecular flexibility index (Phi) is 2.38. The molecule has 0 nitrogen and oxygen atoms in total. The molecule has 1 aromatic carbocycles. The second kappa shape index (κ2) is 3.22. The Hall–Kier alpha value is 0.300. The number of rotatable bonds is 0. The first-order chi connectivity index (χ1) is 5.70. The maximum Gasteiger partial charge on any atom is 0.0737 e. The van der Waals surface area contributed by atoms with E-state index in [1.807, 2.05) is 17.5 Å². The Morgan fingerprint density at radius 1 is 1.50 bits per heavy atom. The predicted octanol–water partition coefficient (Wildman–Crippen LogP) is 4.61. The van der Waals surface area contributed by atoms with Gasteiger partial charge in [-0.05, 0) is 38.8 Å². The number of hydrogen-bond donors (Lipinski definition) is 1. The molecule has 0 spiro atoms. The van der Waals surface area contributed by atoms with Crippen LogP contribution in [0.1, 0.15) is 0 Å². The summed E-state index contributed by atoms with van der Waals surface area (Å²) >= 11 is 15.4. The molecule has 0 aliphatic carbocycles. The molecule has 0 N–H and O–H groups in total. The van der Waals surface area contributed by atoms with E-state index >= 15 is 0 Å². The summed E-state index contributed by atoms with van der Waals surface area (Å²) in [6, 6.07) is 4.04. The van der Waals surface area contributed by atoms with E-state index in [4.69, 9.17) is 11.6 Å². The first-order valence-corrected chi connectivity index (χ1v) is 5.74. The molecule has 0 saturated carbocycles. The van der Waals surface area contributed by atoms with Crippen LogP contribution in [0.25, 0.3) is 10.1 Å². The van der Waals surface area contributed by atoms with Crippen LogP contribution in [-0.4, -0.2) is 0 Å². The van der Waals surface area contributed by atoms with Crippen LogP contribution in [0.4, 0.5) is 0 Å². The molecule has 2 aromatic rings. The fraction of sp³-hybridized carbons (Fsp3) is 0. The lowest BCUT2D eigenvalue weighted by Crippen LogP contribution is -1.73. The van der Waals surface area contributed by atoms with Gasteiger partial charge in [0.15, 0.2) is 0 Å². The molecule has 0 saturated heterocycles. The van der Waals surface area contributed by atoms with E-state index in [1.165, 1.54) is 0 Å². The third-order valence-corrected chi connectivity index (χ3v) is 4.75. The van der Waals surface area contributed by atoms with Crippen molar-refractivity contribution in [1.29, 1.82) is 0 Å². The van der Waals surface area contributed by atoms with Gasteiger partial charge in [0.1, 0.15) is 0 Å². The molecule has 62 valence electrons. The highest BCUT2D eigenvalue weighted by Crippen LogP contribution is 2.38. The number of thiophene rings is 1. The quantitative estimate of drug-likeness (QED) is 0.669. The fourth-order valence-corrected chi connectivity index (χ4v) is 2.96. The van der Waals surface area contributed by atoms with Gasteiger partial charge in [-0.25, -0.2) is 0 Å². The lowest BCUT2D eigenvalue weighted by molar-refractivity contribution is 1.47. The van der Waals surface area contributed by atoms with Gasteiger partial charge < -0.3 is 0 Å². The van der Waals surface area contributed by atoms with Crippen LogP contribution in [-0.2, 0) is 0 Å². The summed E-state index contributed by atoms with van der Waals surface area (Å²) in [6.07, 6.45) is 0. The molecule has 0 radical (unpaired) electrons. The largest absolute Gasteiger partial charge is 0.142 e. The molecule has 1 aromatic heterocycles. The van der Waals surface area contributed by atoms with Crippen molar-refractivity contribution in [3.63, 3.8) is 0 Å². The van der Waals surface area contributed by atoms with Gasteiger partial charge in [-0.2, -0.15) is 0 Å². The smallest absolute Gasteiger partial charge is 0.0737 e. The molecular weight excluding hydrogens is 276 g/mol. The minimum absolute atomic E-state index is 0.757. The summed E-state index contributed by atoms with van der Waals surface area (Å²) in [4.78, 5) is 0.880. The average Bonchev–Trinajstić information content (AvgIpc) is 2.48. The van der Waals surface area contributed by atoms with E-state index in [-0.39, 0.29) is 0 Å². The highest BCUT2D eigenvalue weighted by molar-refractivity contribution is 9.10. The maximum atomic E-state index is 6.09. The van der Waals surface area contributed by atoms with E-state index < -0.39 is 0 Å². The number of halogens is 2. The maximum absolute atomic E-state index is 6.09. The summed E-state index contributed by atoms with van der Waals surface area (Å²) in [6.45, 7) is 0. The molecule has 4 heteroatoms. The molecule has 0 aliphatic heterocycles. The van der Waals surface area contributed by atoms with Crippen LogP contribution in [0.15, 0.2) is 26.9 Å². The van der Waals surface area contributed by atoms with Gasteiger partial charge in [0.05, 0.1) is 14.2 Å². The Balaban J connectivity index is 2.94. The minimum atomic E-state index is 0.757. The van der Waals surface area contributed by atoms with Crippen molar-refractivity contribution in [3.05, 3.63) is 27.0 Å². The first kappa shape index (κ1) is 8.88. The highest BCUT2D eigenvalue weighted by Gasteiger charge is 2.07. The Morgan fingerprint density at radius 3 is 3.00 bits per heavy atom. The summed E-state index contributed by atoms with van der Waals surface area (Å²) in [5.74, 6) is 0. The lowest BCUT2D eigenvalue weighted by Gasteiger charge is -2.00. The monoisotopic (exact) mass is 278 g/mol. The van der Waals surface area contributed by atoms with Crippen molar-refractivity contribution >= 4 is 61.6 Å². The van der Waals surface area contributed by atoms with Gasteiger partial charge in [0.2, 0.25) is 0 Å². The van der Waals surface area contributed by atoms with Crippen molar-refractivity contribution < 1.29 is 0 Å². The van der Waals surface area contributed by atoms with Crippen molar-refractivity contribution in [1.82, 2.24) is 0 Å². The van der Waals surface area contributed by atoms with Crippen molar-refractivity contribution in [2.24, 2.45) is 0 Å². The number of thiol groups is 1. The highest BCUT2D eigenvalue weighted by atomic mass is 79.9. The molecule has 0 atom stereocenters. The van der Waals surface area contributed by atoms with Gasteiger partial charge in [0, 0.05) is 4.90 Å². The number of hydrogen-bond acceptors (Lipinski definition) is 2. The second-order valence-corrected chi connectivity index (χ2v) is 4.93. The molecule has 0 unspecified atom stereocenters. The van der Waals surface area contributed by atoms with Gasteiger partial charge in [-0.1, -0.05) is 11.6 Å². The minimum Gasteiger partial charge on any atom is -0.142 e. The van der Waals surface area contributed by atoms with Crippen LogP contribution in [0.2, 0.25) is 5.02 Å². The molecule has 0 aliphatic rings. The van der Waals surface area contributed by atoms with Gasteiger partial charge in [-0.15, -0.1) is 24.0 Å². The van der Waals surface area contributed by atoms with Gasteiger partial charge in [-0.3, -0.25) is 0 Å². The van der Waals surface area contributed by atoms with Crippen molar-refractivity contribution in [2.75, 3.05) is 0 Å². The van der Waals surface area contributed by atoms with E-state index in [2.05, 4.69) is 28.6 Å². The topological polar surface area (TPSA) is 0 Å². The Bertz CT molecular complexity index is 436. The van der Waals surface area contributed by atoms with Crippen LogP contribution in [0, 0.1) is 0 Å². The van der Waals surface area contributed by atoms with Crippen molar-refractivity contribution in [2.45, 2.75) is 4.90 Å². The van der Waals surface area contributed by atoms with E-state index in [1.54, 1.807) is 11.3 Å². The molecule has 0 bridgehead atoms. The zero-order valence-corrected chi connectivity index (χ0v) is 9.90. The standard InChI is InChI=1S/C8H4BrClS2/c9-6-5(11)3-4-1-2-12-8(4)7(6)10/h1-3,11H. The molecule has 1 heterocycles. The predicted molar refractivity (Wildman–Crippen MR) is 61.8 cm³/mol. The van der Waals surface area contributed by atoms with Crippen LogP contribution in [0.3, 0.4) is 0 Å². The van der Waals surface area contributed by atoms with E-state index in [0.717, 1.165) is 24.5 Å². The molecule has 0 fully saturated rings. The normalized spacial score (nSPS) is 10.9. The zero-order valence-electron chi connectivity index (χ0n) is 5.84. The third-order valence-electron chi connectivity index (χ3n) is 1.60. The first-order valence-electron chi connectivity index (χ1n) is 3.24. The molecular formula is C8H4BrClS2. The van der Waals surface area contributed by atoms with Crippen LogP contribution >= 0.6 is 51.5 Å². The summed E-state index contributed by atoms with van der Waals surface area (Å²) in [5, 5.41) is 3.93. The summed E-state index contributed by atoms with van der Waals surface area (Å²) in [5.41, 5.74) is 0. The summed E-state index contributed by atoms with van der Waals surface area (Å²) < 4.78 is 1.99. The zero-order chi connectivity index (χ0) is 8.72. The van der Waals surface area contributed by atoms with Gasteiger partial charge >= 0.3 is 0 Å². The average molecular weight is 280 g/mol. The third kappa shape index (κ3) is 1.29. The van der Waals surface area contributed by atoms with Crippen LogP contribution < -0.4 is 0 Å². The lowest BCUT2D eigenvalue weighted by atomic mass is 10.3. The number of benzene rings is 1. The SMILES string of the molecule is Sc1cc2ccsc2c(Cl)c1Br. The second-order valence-electron chi connectivity index (χ2n) is 2.36. The molecule has 12 heavy (non-hydrogen) atoms. The van der Waals surface area contributed by atoms with E-state index in [0.29, 0.717) is 0 Å². The fourth-order valence-electron chi connectivity index (χ4n) is 1.03. The Labute approximate surface area is 93.1 Å². The Morgan fingerprint density at radius 2 is 2.25 bits per heavy atom. The number of fused-ring (bicyclic) bond motifs is 1. The molecule has 0 amide bonds.